The Morgan fingerprint density at radius 3 is 2.36 bits per heavy atom. The summed E-state index contributed by atoms with van der Waals surface area (Å²) < 4.78 is 36.7. The summed E-state index contributed by atoms with van der Waals surface area (Å²) in [5.41, 5.74) is 0.398. The van der Waals surface area contributed by atoms with Gasteiger partial charge < -0.3 is 0 Å². The molecule has 0 spiro atoms. The van der Waals surface area contributed by atoms with E-state index in [1.165, 1.54) is 6.07 Å². The van der Waals surface area contributed by atoms with E-state index in [-0.39, 0.29) is 0 Å². The van der Waals surface area contributed by atoms with Crippen LogP contribution in [0.2, 0.25) is 0 Å². The van der Waals surface area contributed by atoms with Crippen LogP contribution >= 0.6 is 27.5 Å². The predicted octanol–water partition coefficient (Wildman–Crippen LogP) is 4.59. The highest BCUT2D eigenvalue weighted by atomic mass is 79.9. The zero-order valence-electron chi connectivity index (χ0n) is 6.78. The van der Waals surface area contributed by atoms with Crippen molar-refractivity contribution in [1.82, 2.24) is 0 Å². The van der Waals surface area contributed by atoms with E-state index < -0.39 is 11.2 Å². The molecule has 0 aliphatic heterocycles. The van der Waals surface area contributed by atoms with Crippen LogP contribution in [0, 0.1) is 0 Å². The Labute approximate surface area is 92.5 Å². The second kappa shape index (κ2) is 4.36. The standard InChI is InChI=1S/C9H5BrClF3/c10-7-4-2-1-3-6(7)5-8(11)9(12,13)14/h1-5H. The second-order valence-corrected chi connectivity index (χ2v) is 3.77. The lowest BCUT2D eigenvalue weighted by Gasteiger charge is -2.04. The van der Waals surface area contributed by atoms with E-state index in [0.29, 0.717) is 10.0 Å². The van der Waals surface area contributed by atoms with Gasteiger partial charge >= 0.3 is 6.18 Å². The molecule has 0 atom stereocenters. The van der Waals surface area contributed by atoms with Gasteiger partial charge in [0.15, 0.2) is 0 Å². The van der Waals surface area contributed by atoms with Crippen molar-refractivity contribution in [2.75, 3.05) is 0 Å². The second-order valence-electron chi connectivity index (χ2n) is 2.51. The summed E-state index contributed by atoms with van der Waals surface area (Å²) in [7, 11) is 0. The van der Waals surface area contributed by atoms with Gasteiger partial charge in [-0.05, 0) is 17.7 Å². The molecule has 0 nitrogen and oxygen atoms in total. The molecule has 0 bridgehead atoms. The molecule has 0 fully saturated rings. The van der Waals surface area contributed by atoms with Crippen LogP contribution in [-0.4, -0.2) is 6.18 Å². The Hall–Kier alpha value is -0.480. The molecule has 1 aromatic rings. The number of halogens is 5. The van der Waals surface area contributed by atoms with Crippen molar-refractivity contribution in [3.05, 3.63) is 39.3 Å². The average molecular weight is 285 g/mol. The quantitative estimate of drug-likeness (QED) is 0.708. The Balaban J connectivity index is 3.04. The van der Waals surface area contributed by atoms with Gasteiger partial charge in [0.1, 0.15) is 5.03 Å². The monoisotopic (exact) mass is 284 g/mol. The minimum atomic E-state index is -4.49. The summed E-state index contributed by atoms with van der Waals surface area (Å²) in [5.74, 6) is 0. The van der Waals surface area contributed by atoms with Crippen molar-refractivity contribution in [3.8, 4) is 0 Å². The summed E-state index contributed by atoms with van der Waals surface area (Å²) in [6.07, 6.45) is -3.61. The minimum Gasteiger partial charge on any atom is -0.165 e. The van der Waals surface area contributed by atoms with Gasteiger partial charge in [-0.3, -0.25) is 0 Å². The number of alkyl halides is 3. The predicted molar refractivity (Wildman–Crippen MR) is 54.0 cm³/mol. The molecule has 0 aliphatic carbocycles. The smallest absolute Gasteiger partial charge is 0.165 e. The van der Waals surface area contributed by atoms with Crippen molar-refractivity contribution >= 4 is 33.6 Å². The van der Waals surface area contributed by atoms with Crippen molar-refractivity contribution in [3.63, 3.8) is 0 Å². The molecule has 0 aromatic heterocycles. The Morgan fingerprint density at radius 2 is 1.86 bits per heavy atom. The molecule has 0 amide bonds. The zero-order chi connectivity index (χ0) is 10.8. The third-order valence-corrected chi connectivity index (χ3v) is 2.50. The third kappa shape index (κ3) is 3.03. The summed E-state index contributed by atoms with van der Waals surface area (Å²) in [5, 5.41) is -1.13. The molecule has 0 unspecified atom stereocenters. The molecule has 0 saturated heterocycles. The van der Waals surface area contributed by atoms with Crippen molar-refractivity contribution in [2.45, 2.75) is 6.18 Å². The highest BCUT2D eigenvalue weighted by molar-refractivity contribution is 9.10. The Bertz CT molecular complexity index is 357. The molecule has 1 rings (SSSR count). The Morgan fingerprint density at radius 1 is 1.29 bits per heavy atom. The molecule has 0 N–H and O–H groups in total. The van der Waals surface area contributed by atoms with Crippen LogP contribution in [0.25, 0.3) is 6.08 Å². The number of hydrogen-bond acceptors (Lipinski definition) is 0. The van der Waals surface area contributed by atoms with Crippen LogP contribution < -0.4 is 0 Å². The lowest BCUT2D eigenvalue weighted by Crippen LogP contribution is -2.06. The number of benzene rings is 1. The van der Waals surface area contributed by atoms with Gasteiger partial charge in [-0.25, -0.2) is 0 Å². The fourth-order valence-corrected chi connectivity index (χ4v) is 1.33. The zero-order valence-corrected chi connectivity index (χ0v) is 9.12. The molecule has 0 radical (unpaired) electrons. The molecule has 1 aromatic carbocycles. The molecule has 14 heavy (non-hydrogen) atoms. The van der Waals surface area contributed by atoms with Crippen LogP contribution in [0.1, 0.15) is 5.56 Å². The summed E-state index contributed by atoms with van der Waals surface area (Å²) >= 11 is 8.20. The first-order valence-corrected chi connectivity index (χ1v) is 4.77. The largest absolute Gasteiger partial charge is 0.426 e. The first-order chi connectivity index (χ1) is 6.41. The van der Waals surface area contributed by atoms with E-state index in [1.54, 1.807) is 18.2 Å². The van der Waals surface area contributed by atoms with Crippen LogP contribution in [0.15, 0.2) is 33.8 Å². The van der Waals surface area contributed by atoms with Crippen LogP contribution in [-0.2, 0) is 0 Å². The molecular weight excluding hydrogens is 280 g/mol. The van der Waals surface area contributed by atoms with Crippen LogP contribution in [0.3, 0.4) is 0 Å². The van der Waals surface area contributed by atoms with Crippen molar-refractivity contribution in [2.24, 2.45) is 0 Å². The maximum atomic E-state index is 12.1. The van der Waals surface area contributed by atoms with Gasteiger partial charge in [-0.2, -0.15) is 13.2 Å². The maximum Gasteiger partial charge on any atom is 0.426 e. The van der Waals surface area contributed by atoms with Gasteiger partial charge in [0.05, 0.1) is 0 Å². The highest BCUT2D eigenvalue weighted by Crippen LogP contribution is 2.31. The average Bonchev–Trinajstić information content (AvgIpc) is 2.07. The van der Waals surface area contributed by atoms with Gasteiger partial charge in [-0.1, -0.05) is 45.7 Å². The van der Waals surface area contributed by atoms with Crippen molar-refractivity contribution < 1.29 is 13.2 Å². The fourth-order valence-electron chi connectivity index (χ4n) is 0.811. The summed E-state index contributed by atoms with van der Waals surface area (Å²) in [6, 6.07) is 6.53. The van der Waals surface area contributed by atoms with E-state index in [4.69, 9.17) is 11.6 Å². The molecule has 76 valence electrons. The number of hydrogen-bond donors (Lipinski definition) is 0. The van der Waals surface area contributed by atoms with Gasteiger partial charge in [0.2, 0.25) is 0 Å². The van der Waals surface area contributed by atoms with Gasteiger partial charge in [0, 0.05) is 4.47 Å². The first kappa shape index (κ1) is 11.6. The van der Waals surface area contributed by atoms with Crippen LogP contribution in [0.5, 0.6) is 0 Å². The highest BCUT2D eigenvalue weighted by Gasteiger charge is 2.32. The molecule has 5 heteroatoms. The summed E-state index contributed by atoms with van der Waals surface area (Å²) in [6.45, 7) is 0. The van der Waals surface area contributed by atoms with E-state index >= 15 is 0 Å². The number of allylic oxidation sites excluding steroid dienone is 1. The van der Waals surface area contributed by atoms with E-state index in [9.17, 15) is 13.2 Å². The lowest BCUT2D eigenvalue weighted by molar-refractivity contribution is -0.0836. The van der Waals surface area contributed by atoms with Crippen LogP contribution in [0.4, 0.5) is 13.2 Å². The molecule has 0 saturated carbocycles. The van der Waals surface area contributed by atoms with Gasteiger partial charge in [0.25, 0.3) is 0 Å². The lowest BCUT2D eigenvalue weighted by atomic mass is 10.2. The topological polar surface area (TPSA) is 0 Å². The van der Waals surface area contributed by atoms with E-state index in [1.807, 2.05) is 0 Å². The fraction of sp³-hybridized carbons (Fsp3) is 0.111. The Kier molecular flexibility index (Phi) is 3.61. The first-order valence-electron chi connectivity index (χ1n) is 3.60. The maximum absolute atomic E-state index is 12.1. The SMILES string of the molecule is FC(F)(F)C(Cl)=Cc1ccccc1Br. The van der Waals surface area contributed by atoms with Crippen molar-refractivity contribution in [1.29, 1.82) is 0 Å². The number of rotatable bonds is 1. The van der Waals surface area contributed by atoms with E-state index in [2.05, 4.69) is 15.9 Å². The van der Waals surface area contributed by atoms with Gasteiger partial charge in [-0.15, -0.1) is 0 Å². The molecular formula is C9H5BrClF3. The minimum absolute atomic E-state index is 0.398. The summed E-state index contributed by atoms with van der Waals surface area (Å²) in [4.78, 5) is 0. The normalized spacial score (nSPS) is 13.1. The molecule has 0 heterocycles. The molecule has 0 aliphatic rings. The third-order valence-electron chi connectivity index (χ3n) is 1.46. The van der Waals surface area contributed by atoms with E-state index in [0.717, 1.165) is 6.08 Å².